The van der Waals surface area contributed by atoms with Gasteiger partial charge in [0.05, 0.1) is 11.1 Å². The van der Waals surface area contributed by atoms with E-state index in [-0.39, 0.29) is 35.8 Å². The number of hydrogen-bond acceptors (Lipinski definition) is 7. The summed E-state index contributed by atoms with van der Waals surface area (Å²) < 4.78 is 9.78. The van der Waals surface area contributed by atoms with Crippen LogP contribution >= 0.6 is 0 Å². The zero-order valence-corrected chi connectivity index (χ0v) is 12.6. The van der Waals surface area contributed by atoms with E-state index in [1.165, 1.54) is 48.5 Å². The summed E-state index contributed by atoms with van der Waals surface area (Å²) in [6.45, 7) is -0.689. The van der Waals surface area contributed by atoms with Gasteiger partial charge in [-0.15, -0.1) is 0 Å². The van der Waals surface area contributed by atoms with Gasteiger partial charge < -0.3 is 24.8 Å². The lowest BCUT2D eigenvalue weighted by Gasteiger charge is -2.12. The molecule has 2 aromatic carbocycles. The van der Waals surface area contributed by atoms with Crippen LogP contribution in [-0.2, 0) is 9.47 Å². The Balaban J connectivity index is 1.75. The predicted octanol–water partition coefficient (Wildman–Crippen LogP) is 1.47. The Bertz CT molecular complexity index is 630. The second kappa shape index (κ2) is 7.98. The van der Waals surface area contributed by atoms with Crippen LogP contribution in [0.3, 0.4) is 0 Å². The number of ether oxygens (including phenoxy) is 2. The van der Waals surface area contributed by atoms with Crippen LogP contribution in [0.15, 0.2) is 48.5 Å². The topological polar surface area (TPSA) is 113 Å². The number of aromatic hydroxyl groups is 2. The fraction of sp³-hybridized carbons (Fsp3) is 0.176. The Labute approximate surface area is 137 Å². The maximum Gasteiger partial charge on any atom is 0.338 e. The summed E-state index contributed by atoms with van der Waals surface area (Å²) in [5.41, 5.74) is 0.446. The molecule has 0 radical (unpaired) electrons. The number of phenols is 2. The molecule has 0 aliphatic rings. The minimum absolute atomic E-state index is 0.0210. The summed E-state index contributed by atoms with van der Waals surface area (Å²) in [5.74, 6) is -1.29. The van der Waals surface area contributed by atoms with Crippen LogP contribution < -0.4 is 0 Å². The van der Waals surface area contributed by atoms with Crippen molar-refractivity contribution in [2.24, 2.45) is 0 Å². The summed E-state index contributed by atoms with van der Waals surface area (Å²) >= 11 is 0. The minimum Gasteiger partial charge on any atom is -0.508 e. The van der Waals surface area contributed by atoms with Crippen molar-refractivity contribution in [1.29, 1.82) is 0 Å². The number of aliphatic hydroxyl groups excluding tert-OH is 1. The number of rotatable bonds is 6. The van der Waals surface area contributed by atoms with E-state index in [4.69, 9.17) is 19.7 Å². The van der Waals surface area contributed by atoms with Crippen LogP contribution in [0.4, 0.5) is 0 Å². The number of phenolic OH excluding ortho intramolecular Hbond substituents is 2. The second-order valence-electron chi connectivity index (χ2n) is 4.94. The van der Waals surface area contributed by atoms with Gasteiger partial charge >= 0.3 is 11.9 Å². The van der Waals surface area contributed by atoms with Crippen molar-refractivity contribution in [3.05, 3.63) is 59.7 Å². The third-order valence-corrected chi connectivity index (χ3v) is 3.02. The highest BCUT2D eigenvalue weighted by Crippen LogP contribution is 2.12. The summed E-state index contributed by atoms with van der Waals surface area (Å²) in [7, 11) is 0. The van der Waals surface area contributed by atoms with E-state index in [0.717, 1.165) is 0 Å². The molecule has 2 aromatic rings. The number of hydrogen-bond donors (Lipinski definition) is 3. The molecule has 0 fully saturated rings. The Kier molecular flexibility index (Phi) is 5.75. The minimum atomic E-state index is -1.17. The highest BCUT2D eigenvalue weighted by Gasteiger charge is 2.14. The third kappa shape index (κ3) is 4.99. The lowest BCUT2D eigenvalue weighted by Crippen LogP contribution is -2.25. The number of carbonyl (C=O) groups excluding carboxylic acids is 2. The first-order valence-electron chi connectivity index (χ1n) is 7.06. The molecule has 0 aliphatic carbocycles. The van der Waals surface area contributed by atoms with Crippen LogP contribution in [0.1, 0.15) is 20.7 Å². The van der Waals surface area contributed by atoms with Gasteiger partial charge in [0.25, 0.3) is 0 Å². The molecule has 0 atom stereocenters. The van der Waals surface area contributed by atoms with Gasteiger partial charge in [0.2, 0.25) is 0 Å². The predicted molar refractivity (Wildman–Crippen MR) is 82.8 cm³/mol. The second-order valence-corrected chi connectivity index (χ2v) is 4.94. The van der Waals surface area contributed by atoms with Crippen molar-refractivity contribution >= 4 is 11.9 Å². The van der Waals surface area contributed by atoms with Crippen LogP contribution in [0.2, 0.25) is 0 Å². The Morgan fingerprint density at radius 1 is 0.750 bits per heavy atom. The summed E-state index contributed by atoms with van der Waals surface area (Å²) in [4.78, 5) is 23.4. The highest BCUT2D eigenvalue weighted by molar-refractivity contribution is 5.90. The first kappa shape index (κ1) is 17.3. The van der Waals surface area contributed by atoms with Crippen LogP contribution in [-0.4, -0.2) is 46.6 Å². The van der Waals surface area contributed by atoms with Crippen molar-refractivity contribution in [2.45, 2.75) is 6.10 Å². The lowest BCUT2D eigenvalue weighted by atomic mass is 10.2. The molecule has 0 bridgehead atoms. The van der Waals surface area contributed by atoms with Gasteiger partial charge in [-0.25, -0.2) is 9.59 Å². The standard InChI is InChI=1S/C17H16O7/c18-13-5-1-11(2-6-13)16(21)23-9-15(20)10-24-17(22)12-3-7-14(19)8-4-12/h1-8,15,18-20H,9-10H2. The van der Waals surface area contributed by atoms with Crippen molar-refractivity contribution < 1.29 is 34.4 Å². The largest absolute Gasteiger partial charge is 0.508 e. The smallest absolute Gasteiger partial charge is 0.338 e. The maximum absolute atomic E-state index is 11.7. The van der Waals surface area contributed by atoms with E-state index >= 15 is 0 Å². The van der Waals surface area contributed by atoms with Crippen LogP contribution in [0.25, 0.3) is 0 Å². The SMILES string of the molecule is O=C(OCC(O)COC(=O)c1ccc(O)cc1)c1ccc(O)cc1. The Hall–Kier alpha value is -3.06. The molecule has 0 aliphatic heterocycles. The van der Waals surface area contributed by atoms with E-state index in [2.05, 4.69) is 0 Å². The quantitative estimate of drug-likeness (QED) is 0.686. The lowest BCUT2D eigenvalue weighted by molar-refractivity contribution is -0.00469. The van der Waals surface area contributed by atoms with E-state index in [1.54, 1.807) is 0 Å². The molecule has 2 rings (SSSR count). The molecule has 0 aromatic heterocycles. The fourth-order valence-electron chi connectivity index (χ4n) is 1.75. The van der Waals surface area contributed by atoms with Gasteiger partial charge in [0, 0.05) is 0 Å². The monoisotopic (exact) mass is 332 g/mol. The zero-order chi connectivity index (χ0) is 17.5. The molecule has 7 nitrogen and oxygen atoms in total. The first-order valence-corrected chi connectivity index (χ1v) is 7.06. The van der Waals surface area contributed by atoms with E-state index < -0.39 is 18.0 Å². The fourth-order valence-corrected chi connectivity index (χ4v) is 1.75. The average Bonchev–Trinajstić information content (AvgIpc) is 2.58. The average molecular weight is 332 g/mol. The van der Waals surface area contributed by atoms with Crippen molar-refractivity contribution in [3.63, 3.8) is 0 Å². The molecule has 0 saturated carbocycles. The molecular formula is C17H16O7. The van der Waals surface area contributed by atoms with Gasteiger partial charge in [-0.05, 0) is 48.5 Å². The number of benzene rings is 2. The molecule has 24 heavy (non-hydrogen) atoms. The number of aliphatic hydroxyl groups is 1. The summed E-state index contributed by atoms with van der Waals surface area (Å²) in [5, 5.41) is 28.0. The molecule has 0 amide bonds. The van der Waals surface area contributed by atoms with Crippen molar-refractivity contribution in [2.75, 3.05) is 13.2 Å². The van der Waals surface area contributed by atoms with Crippen molar-refractivity contribution in [1.82, 2.24) is 0 Å². The number of carbonyl (C=O) groups is 2. The van der Waals surface area contributed by atoms with Crippen LogP contribution in [0, 0.1) is 0 Å². The molecule has 3 N–H and O–H groups in total. The normalized spacial score (nSPS) is 10.4. The Morgan fingerprint density at radius 3 is 1.42 bits per heavy atom. The van der Waals surface area contributed by atoms with E-state index in [9.17, 15) is 14.7 Å². The highest BCUT2D eigenvalue weighted by atomic mass is 16.6. The van der Waals surface area contributed by atoms with Crippen molar-refractivity contribution in [3.8, 4) is 11.5 Å². The number of esters is 2. The third-order valence-electron chi connectivity index (χ3n) is 3.02. The molecule has 0 spiro atoms. The summed E-state index contributed by atoms with van der Waals surface area (Å²) in [6, 6.07) is 10.9. The molecule has 0 saturated heterocycles. The van der Waals surface area contributed by atoms with Gasteiger partial charge in [0.15, 0.2) is 0 Å². The molecule has 0 heterocycles. The molecule has 126 valence electrons. The molecule has 0 unspecified atom stereocenters. The Morgan fingerprint density at radius 2 is 1.08 bits per heavy atom. The van der Waals surface area contributed by atoms with Crippen LogP contribution in [0.5, 0.6) is 11.5 Å². The van der Waals surface area contributed by atoms with Gasteiger partial charge in [0.1, 0.15) is 30.8 Å². The zero-order valence-electron chi connectivity index (χ0n) is 12.6. The van der Waals surface area contributed by atoms with E-state index in [1.807, 2.05) is 0 Å². The van der Waals surface area contributed by atoms with Gasteiger partial charge in [-0.3, -0.25) is 0 Å². The van der Waals surface area contributed by atoms with Gasteiger partial charge in [-0.1, -0.05) is 0 Å². The molecular weight excluding hydrogens is 316 g/mol. The first-order chi connectivity index (χ1) is 11.5. The molecule has 7 heteroatoms. The van der Waals surface area contributed by atoms with Gasteiger partial charge in [-0.2, -0.15) is 0 Å². The summed E-state index contributed by atoms with van der Waals surface area (Å²) in [6.07, 6.45) is -1.17. The van der Waals surface area contributed by atoms with E-state index in [0.29, 0.717) is 0 Å². The maximum atomic E-state index is 11.7.